The fourth-order valence-corrected chi connectivity index (χ4v) is 6.56. The minimum atomic E-state index is -1.46. The van der Waals surface area contributed by atoms with Crippen molar-refractivity contribution in [3.8, 4) is 36.0 Å². The molecule has 0 aromatic rings. The number of carbonyl (C=O) groups excluding carboxylic acids is 5. The van der Waals surface area contributed by atoms with Crippen molar-refractivity contribution in [2.75, 3.05) is 0 Å². The van der Waals surface area contributed by atoms with Crippen LogP contribution in [0.25, 0.3) is 0 Å². The lowest BCUT2D eigenvalue weighted by molar-refractivity contribution is -0.144. The number of nitrogens with one attached hydrogen (secondary N) is 1. The lowest BCUT2D eigenvalue weighted by Gasteiger charge is -2.30. The van der Waals surface area contributed by atoms with Crippen LogP contribution in [0, 0.1) is 41.4 Å². The molecule has 11 radical (unpaired) electrons. The largest absolute Gasteiger partial charge is 0.381 e. The third-order valence-corrected chi connectivity index (χ3v) is 9.40. The number of hydrogen-bond donors (Lipinski definition) is 5. The molecule has 3 aliphatic rings. The van der Waals surface area contributed by atoms with Gasteiger partial charge in [-0.1, -0.05) is 44.4 Å². The van der Waals surface area contributed by atoms with E-state index in [0.29, 0.717) is 38.5 Å². The summed E-state index contributed by atoms with van der Waals surface area (Å²) in [5, 5.41) is 11.8. The molecule has 0 aromatic carbocycles. The van der Waals surface area contributed by atoms with Crippen molar-refractivity contribution in [1.82, 2.24) is 5.32 Å². The molecular weight excluding hydrogens is 653 g/mol. The van der Waals surface area contributed by atoms with E-state index in [1.807, 2.05) is 0 Å². The van der Waals surface area contributed by atoms with Gasteiger partial charge in [0.05, 0.1) is 11.6 Å². The summed E-state index contributed by atoms with van der Waals surface area (Å²) in [4.78, 5) is 58.5. The Hall–Kier alpha value is -3.14. The average molecular weight is 698 g/mol. The van der Waals surface area contributed by atoms with Crippen LogP contribution < -0.4 is 22.5 Å². The van der Waals surface area contributed by atoms with E-state index in [9.17, 15) is 33.5 Å². The first-order valence-corrected chi connectivity index (χ1v) is 17.3. The maximum absolute atomic E-state index is 14.8. The van der Waals surface area contributed by atoms with Crippen LogP contribution in [0.15, 0.2) is 0 Å². The van der Waals surface area contributed by atoms with Gasteiger partial charge in [0.15, 0.2) is 5.78 Å². The Balaban J connectivity index is 0.000000791. The van der Waals surface area contributed by atoms with E-state index in [1.54, 1.807) is 6.92 Å². The fraction of sp³-hybridized carbons (Fsp3) is 0.656. The van der Waals surface area contributed by atoms with Crippen molar-refractivity contribution in [3.05, 3.63) is 0 Å². The predicted molar refractivity (Wildman–Crippen MR) is 212 cm³/mol. The van der Waals surface area contributed by atoms with E-state index in [1.165, 1.54) is 14.0 Å². The van der Waals surface area contributed by atoms with E-state index in [0.717, 1.165) is 38.5 Å². The molecule has 1 unspecified atom stereocenters. The first kappa shape index (κ1) is 48.9. The fourth-order valence-electron chi connectivity index (χ4n) is 6.56. The normalized spacial score (nSPS) is 17.8. The standard InChI is InChI=1S/C18H27FN2O4.C7H14N2O2.C7H4.B9/c1-12(22)21-13(10-18(19)8-4-5-9-18)14(23)11-17(6-2-3-7-17)15(24)16(20)25;8-6(11)5(10)7(9)3-1-2-4-7;1-3-5-7-6-4-2;1-6-9(7(2)3)8(4)5/h13H,2-11H2,1H3,(H2,20,25)(H,21,22);5,10H,1-4,9H2,(H2,8,11);1H,2H3;/t13-;;;/m0.../s1. The van der Waals surface area contributed by atoms with Crippen molar-refractivity contribution in [2.45, 2.75) is 127 Å². The predicted octanol–water partition coefficient (Wildman–Crippen LogP) is -1.94. The molecule has 0 aromatic heterocycles. The van der Waals surface area contributed by atoms with Gasteiger partial charge in [0.2, 0.25) is 17.6 Å². The third-order valence-electron chi connectivity index (χ3n) is 9.40. The van der Waals surface area contributed by atoms with Gasteiger partial charge < -0.3 is 27.6 Å². The Bertz CT molecular complexity index is 1370. The summed E-state index contributed by atoms with van der Waals surface area (Å²) >= 11 is 0. The minimum absolute atomic E-state index is 0.0771. The minimum Gasteiger partial charge on any atom is -0.381 e. The molecule has 0 saturated heterocycles. The zero-order chi connectivity index (χ0) is 40.1. The Labute approximate surface area is 317 Å². The summed E-state index contributed by atoms with van der Waals surface area (Å²) in [5.74, 6) is 8.72. The first-order chi connectivity index (χ1) is 24.2. The van der Waals surface area contributed by atoms with E-state index in [-0.39, 0.29) is 19.2 Å². The van der Waals surface area contributed by atoms with Gasteiger partial charge in [-0.15, -0.1) is 6.42 Å². The molecule has 0 bridgehead atoms. The van der Waals surface area contributed by atoms with Crippen molar-refractivity contribution in [3.63, 3.8) is 0 Å². The quantitative estimate of drug-likeness (QED) is 0.0839. The van der Waals surface area contributed by atoms with E-state index in [4.69, 9.17) is 62.3 Å². The zero-order valence-electron chi connectivity index (χ0n) is 30.4. The second-order valence-corrected chi connectivity index (χ2v) is 13.6. The molecule has 3 aliphatic carbocycles. The topological polar surface area (TPSA) is 196 Å². The Morgan fingerprint density at radius 2 is 1.38 bits per heavy atom. The molecule has 10 nitrogen and oxygen atoms in total. The number of hydrogen-bond acceptors (Lipinski definition) is 7. The van der Waals surface area contributed by atoms with Crippen molar-refractivity contribution < 1.29 is 33.5 Å². The highest BCUT2D eigenvalue weighted by Gasteiger charge is 2.47. The second-order valence-electron chi connectivity index (χ2n) is 13.6. The van der Waals surface area contributed by atoms with Crippen LogP contribution in [0.2, 0.25) is 0 Å². The summed E-state index contributed by atoms with van der Waals surface area (Å²) in [7, 11) is 27.5. The summed E-state index contributed by atoms with van der Waals surface area (Å²) < 4.78 is 14.8. The number of alkyl halides is 1. The number of terminal acetylenes is 1. The number of halogens is 1. The highest BCUT2D eigenvalue weighted by molar-refractivity contribution is 7.93. The van der Waals surface area contributed by atoms with Gasteiger partial charge in [0, 0.05) is 90.1 Å². The molecule has 0 heterocycles. The lowest BCUT2D eigenvalue weighted by Crippen LogP contribution is -2.55. The summed E-state index contributed by atoms with van der Waals surface area (Å²) in [5.41, 5.74) is 12.6. The monoisotopic (exact) mass is 699 g/mol. The van der Waals surface area contributed by atoms with Gasteiger partial charge in [0.25, 0.3) is 5.91 Å². The number of ketones is 2. The molecule has 3 amide bonds. The van der Waals surface area contributed by atoms with Crippen molar-refractivity contribution >= 4 is 94.2 Å². The van der Waals surface area contributed by atoms with Gasteiger partial charge in [-0.3, -0.25) is 24.0 Å². The van der Waals surface area contributed by atoms with Crippen molar-refractivity contribution in [2.24, 2.45) is 22.6 Å². The zero-order valence-corrected chi connectivity index (χ0v) is 30.4. The number of primary amides is 2. The average Bonchev–Trinajstić information content (AvgIpc) is 3.83. The highest BCUT2D eigenvalue weighted by Crippen LogP contribution is 2.43. The molecular formula is C32H45B9FN4O6. The van der Waals surface area contributed by atoms with Crippen LogP contribution in [0.1, 0.15) is 104 Å². The first-order valence-electron chi connectivity index (χ1n) is 17.3. The van der Waals surface area contributed by atoms with E-state index in [2.05, 4.69) is 34.9 Å². The molecule has 8 N–H and O–H groups in total. The lowest BCUT2D eigenvalue weighted by atomic mass is 8.64. The highest BCUT2D eigenvalue weighted by atomic mass is 19.1. The number of aliphatic hydroxyl groups is 1. The Kier molecular flexibility index (Phi) is 22.8. The molecule has 3 saturated carbocycles. The number of amides is 3. The second kappa shape index (κ2) is 24.2. The van der Waals surface area contributed by atoms with Crippen LogP contribution in [0.4, 0.5) is 4.39 Å². The van der Waals surface area contributed by atoms with Gasteiger partial charge in [-0.05, 0) is 69.1 Å². The molecule has 0 aliphatic heterocycles. The van der Waals surface area contributed by atoms with Gasteiger partial charge >= 0.3 is 0 Å². The number of nitrogens with two attached hydrogens (primary N) is 3. The molecule has 3 fully saturated rings. The van der Waals surface area contributed by atoms with Crippen LogP contribution in [-0.2, 0) is 24.0 Å². The van der Waals surface area contributed by atoms with Gasteiger partial charge in [-0.2, -0.15) is 0 Å². The van der Waals surface area contributed by atoms with Crippen LogP contribution in [0.3, 0.4) is 0 Å². The summed E-state index contributed by atoms with van der Waals surface area (Å²) in [6, 6.07) is -0.973. The third kappa shape index (κ3) is 17.1. The van der Waals surface area contributed by atoms with Crippen molar-refractivity contribution in [1.29, 1.82) is 0 Å². The number of Topliss-reactive ketones (excluding diaryl/α,β-unsaturated/α-hetero) is 2. The molecule has 3 rings (SSSR count). The molecule has 20 heteroatoms. The molecule has 52 heavy (non-hydrogen) atoms. The van der Waals surface area contributed by atoms with E-state index < -0.39 is 70.8 Å². The smallest absolute Gasteiger partial charge is 0.285 e. The summed E-state index contributed by atoms with van der Waals surface area (Å²) in [6.07, 6.45) is 9.83. The van der Waals surface area contributed by atoms with Crippen LogP contribution in [0.5, 0.6) is 0 Å². The SMILES string of the molecule is C#CC#CC#CC.CC(=O)N[C@@H](CC1(F)CCCC1)C(=O)CC1(C(=O)C(N)=O)CCCC1.NC(=O)C(O)C1(N)CCCC1.[B][B]B(B([B])[B])B([B])[B]. The number of rotatable bonds is 13. The summed E-state index contributed by atoms with van der Waals surface area (Å²) in [6.45, 7) is 2.99. The Morgan fingerprint density at radius 1 is 0.904 bits per heavy atom. The maximum Gasteiger partial charge on any atom is 0.285 e. The van der Waals surface area contributed by atoms with E-state index >= 15 is 0 Å². The maximum atomic E-state index is 14.8. The van der Waals surface area contributed by atoms with Gasteiger partial charge in [-0.25, -0.2) is 4.39 Å². The molecule has 2 atom stereocenters. The van der Waals surface area contributed by atoms with Crippen LogP contribution >= 0.6 is 0 Å². The Morgan fingerprint density at radius 3 is 1.75 bits per heavy atom. The number of carbonyl (C=O) groups is 5. The van der Waals surface area contributed by atoms with Gasteiger partial charge in [0.1, 0.15) is 11.8 Å². The number of aliphatic hydroxyl groups excluding tert-OH is 1. The van der Waals surface area contributed by atoms with Crippen LogP contribution in [-0.4, -0.2) is 123 Å². The molecule has 0 spiro atoms. The molecule has 263 valence electrons.